The number of β-amino-alcohol motifs (C(OH)–C–C–N with tert-alkyl or cyclic N) is 1. The Morgan fingerprint density at radius 3 is 2.79 bits per heavy atom. The topological polar surface area (TPSA) is 59.3 Å². The smallest absolute Gasteiger partial charge is 0.123 e. The predicted octanol–water partition coefficient (Wildman–Crippen LogP) is 1.07. The molecule has 0 amide bonds. The van der Waals surface area contributed by atoms with Crippen molar-refractivity contribution in [2.75, 3.05) is 19.7 Å². The second kappa shape index (κ2) is 5.74. The molecule has 0 radical (unpaired) electrons. The SMILES string of the molecule is C[Si](C)(C)CCOCn1ccnc1CC1(O)CNC1. The first-order valence-corrected chi connectivity index (χ1v) is 10.6. The highest BCUT2D eigenvalue weighted by molar-refractivity contribution is 6.76. The summed E-state index contributed by atoms with van der Waals surface area (Å²) in [5, 5.41) is 13.2. The predicted molar refractivity (Wildman–Crippen MR) is 77.9 cm³/mol. The number of imidazole rings is 1. The third-order valence-electron chi connectivity index (χ3n) is 3.42. The van der Waals surface area contributed by atoms with Crippen LogP contribution in [-0.4, -0.2) is 48.0 Å². The fourth-order valence-electron chi connectivity index (χ4n) is 2.00. The molecule has 0 unspecified atom stereocenters. The number of hydrogen-bond donors (Lipinski definition) is 2. The summed E-state index contributed by atoms with van der Waals surface area (Å²) in [6.45, 7) is 9.67. The molecule has 108 valence electrons. The molecule has 0 aliphatic carbocycles. The third kappa shape index (κ3) is 4.41. The standard InChI is InChI=1S/C13H25N3O2Si/c1-19(2,3)7-6-18-11-16-5-4-15-12(16)8-13(17)9-14-10-13/h4-5,14,17H,6-11H2,1-3H3. The molecule has 1 aliphatic heterocycles. The van der Waals surface area contributed by atoms with Crippen LogP contribution < -0.4 is 5.32 Å². The summed E-state index contributed by atoms with van der Waals surface area (Å²) in [4.78, 5) is 4.31. The normalized spacial score (nSPS) is 18.3. The Balaban J connectivity index is 1.79. The summed E-state index contributed by atoms with van der Waals surface area (Å²) >= 11 is 0. The van der Waals surface area contributed by atoms with Crippen LogP contribution in [0, 0.1) is 0 Å². The summed E-state index contributed by atoms with van der Waals surface area (Å²) in [6, 6.07) is 1.17. The summed E-state index contributed by atoms with van der Waals surface area (Å²) < 4.78 is 7.71. The van der Waals surface area contributed by atoms with E-state index in [2.05, 4.69) is 29.9 Å². The molecule has 0 bridgehead atoms. The van der Waals surface area contributed by atoms with Crippen molar-refractivity contribution in [2.45, 2.75) is 44.4 Å². The van der Waals surface area contributed by atoms with Crippen molar-refractivity contribution in [1.29, 1.82) is 0 Å². The molecule has 0 aromatic carbocycles. The quantitative estimate of drug-likeness (QED) is 0.580. The van der Waals surface area contributed by atoms with E-state index >= 15 is 0 Å². The van der Waals surface area contributed by atoms with Crippen LogP contribution in [0.2, 0.25) is 25.7 Å². The van der Waals surface area contributed by atoms with Gasteiger partial charge in [-0.2, -0.15) is 0 Å². The maximum atomic E-state index is 10.1. The molecule has 0 spiro atoms. The van der Waals surface area contributed by atoms with Crippen LogP contribution >= 0.6 is 0 Å². The first-order valence-electron chi connectivity index (χ1n) is 6.89. The molecule has 2 N–H and O–H groups in total. The van der Waals surface area contributed by atoms with Gasteiger partial charge in [-0.25, -0.2) is 4.98 Å². The number of nitrogens with zero attached hydrogens (tertiary/aromatic N) is 2. The van der Waals surface area contributed by atoms with Gasteiger partial charge in [-0.3, -0.25) is 0 Å². The van der Waals surface area contributed by atoms with Crippen LogP contribution in [0.25, 0.3) is 0 Å². The fourth-order valence-corrected chi connectivity index (χ4v) is 2.76. The third-order valence-corrected chi connectivity index (χ3v) is 5.13. The summed E-state index contributed by atoms with van der Waals surface area (Å²) in [7, 11) is -1.03. The Kier molecular flexibility index (Phi) is 4.45. The van der Waals surface area contributed by atoms with Gasteiger partial charge in [0.1, 0.15) is 12.6 Å². The number of aliphatic hydroxyl groups is 1. The number of nitrogens with one attached hydrogen (secondary N) is 1. The van der Waals surface area contributed by atoms with Gasteiger partial charge in [-0.1, -0.05) is 19.6 Å². The molecule has 5 nitrogen and oxygen atoms in total. The van der Waals surface area contributed by atoms with E-state index in [-0.39, 0.29) is 0 Å². The van der Waals surface area contributed by atoms with E-state index in [9.17, 15) is 5.11 Å². The van der Waals surface area contributed by atoms with E-state index in [1.165, 1.54) is 6.04 Å². The summed E-state index contributed by atoms with van der Waals surface area (Å²) in [6.07, 6.45) is 4.27. The minimum atomic E-state index is -1.03. The zero-order chi connectivity index (χ0) is 13.9. The lowest BCUT2D eigenvalue weighted by Gasteiger charge is -2.37. The number of rotatable bonds is 7. The molecule has 1 aromatic rings. The maximum absolute atomic E-state index is 10.1. The van der Waals surface area contributed by atoms with Gasteiger partial charge >= 0.3 is 0 Å². The van der Waals surface area contributed by atoms with Gasteiger partial charge in [0.25, 0.3) is 0 Å². The van der Waals surface area contributed by atoms with Gasteiger partial charge in [0.05, 0.1) is 5.60 Å². The van der Waals surface area contributed by atoms with E-state index in [0.717, 1.165) is 12.4 Å². The summed E-state index contributed by atoms with van der Waals surface area (Å²) in [5.74, 6) is 0.900. The van der Waals surface area contributed by atoms with E-state index < -0.39 is 13.7 Å². The Bertz CT molecular complexity index is 410. The van der Waals surface area contributed by atoms with Crippen molar-refractivity contribution in [3.05, 3.63) is 18.2 Å². The zero-order valence-corrected chi connectivity index (χ0v) is 13.1. The molecule has 2 rings (SSSR count). The average Bonchev–Trinajstić information content (AvgIpc) is 2.68. The molecule has 1 saturated heterocycles. The highest BCUT2D eigenvalue weighted by atomic mass is 28.3. The minimum Gasteiger partial charge on any atom is -0.387 e. The molecule has 1 aromatic heterocycles. The number of aromatic nitrogens is 2. The van der Waals surface area contributed by atoms with Crippen LogP contribution in [0.4, 0.5) is 0 Å². The highest BCUT2D eigenvalue weighted by Crippen LogP contribution is 2.17. The molecule has 1 aliphatic rings. The van der Waals surface area contributed by atoms with Gasteiger partial charge in [-0.05, 0) is 6.04 Å². The monoisotopic (exact) mass is 283 g/mol. The van der Waals surface area contributed by atoms with E-state index in [4.69, 9.17) is 4.74 Å². The first-order chi connectivity index (χ1) is 8.88. The van der Waals surface area contributed by atoms with Crippen LogP contribution in [0.3, 0.4) is 0 Å². The van der Waals surface area contributed by atoms with Crippen molar-refractivity contribution < 1.29 is 9.84 Å². The maximum Gasteiger partial charge on any atom is 0.123 e. The molecular formula is C13H25N3O2Si. The lowest BCUT2D eigenvalue weighted by molar-refractivity contribution is -0.0130. The van der Waals surface area contributed by atoms with Gasteiger partial charge in [0, 0.05) is 46.6 Å². The van der Waals surface area contributed by atoms with E-state index in [0.29, 0.717) is 26.2 Å². The Morgan fingerprint density at radius 2 is 2.21 bits per heavy atom. The van der Waals surface area contributed by atoms with Crippen molar-refractivity contribution in [2.24, 2.45) is 0 Å². The van der Waals surface area contributed by atoms with Crippen LogP contribution in [0.1, 0.15) is 5.82 Å². The second-order valence-electron chi connectivity index (χ2n) is 6.67. The molecule has 6 heteroatoms. The van der Waals surface area contributed by atoms with Crippen molar-refractivity contribution >= 4 is 8.07 Å². The average molecular weight is 283 g/mol. The van der Waals surface area contributed by atoms with E-state index in [1.54, 1.807) is 6.20 Å². The summed E-state index contributed by atoms with van der Waals surface area (Å²) in [5.41, 5.74) is -0.624. The van der Waals surface area contributed by atoms with E-state index in [1.807, 2.05) is 10.8 Å². The zero-order valence-electron chi connectivity index (χ0n) is 12.1. The van der Waals surface area contributed by atoms with Crippen molar-refractivity contribution in [1.82, 2.24) is 14.9 Å². The fraction of sp³-hybridized carbons (Fsp3) is 0.769. The molecule has 19 heavy (non-hydrogen) atoms. The molecule has 0 atom stereocenters. The van der Waals surface area contributed by atoms with Gasteiger partial charge in [0.15, 0.2) is 0 Å². The van der Waals surface area contributed by atoms with Crippen molar-refractivity contribution in [3.8, 4) is 0 Å². The lowest BCUT2D eigenvalue weighted by atomic mass is 9.93. The Hall–Kier alpha value is -0.693. The van der Waals surface area contributed by atoms with Crippen LogP contribution in [-0.2, 0) is 17.9 Å². The Morgan fingerprint density at radius 1 is 1.47 bits per heavy atom. The van der Waals surface area contributed by atoms with Crippen molar-refractivity contribution in [3.63, 3.8) is 0 Å². The Labute approximate surface area is 116 Å². The molecule has 1 fully saturated rings. The van der Waals surface area contributed by atoms with Gasteiger partial charge < -0.3 is 19.7 Å². The highest BCUT2D eigenvalue weighted by Gasteiger charge is 2.35. The minimum absolute atomic E-state index is 0.531. The largest absolute Gasteiger partial charge is 0.387 e. The van der Waals surface area contributed by atoms with Gasteiger partial charge in [-0.15, -0.1) is 0 Å². The first kappa shape index (κ1) is 14.7. The lowest BCUT2D eigenvalue weighted by Crippen LogP contribution is -2.60. The van der Waals surface area contributed by atoms with Crippen LogP contribution in [0.5, 0.6) is 0 Å². The number of hydrogen-bond acceptors (Lipinski definition) is 4. The van der Waals surface area contributed by atoms with Gasteiger partial charge in [0.2, 0.25) is 0 Å². The molecular weight excluding hydrogens is 258 g/mol. The molecule has 0 saturated carbocycles. The van der Waals surface area contributed by atoms with Crippen LogP contribution in [0.15, 0.2) is 12.4 Å². The molecule has 2 heterocycles. The number of ether oxygens (including phenoxy) is 1. The second-order valence-corrected chi connectivity index (χ2v) is 12.3.